The number of rotatable bonds is 3. The van der Waals surface area contributed by atoms with Gasteiger partial charge in [-0.1, -0.05) is 42.5 Å². The Kier molecular flexibility index (Phi) is 4.34. The van der Waals surface area contributed by atoms with Crippen LogP contribution in [0.25, 0.3) is 6.08 Å². The van der Waals surface area contributed by atoms with E-state index in [2.05, 4.69) is 31.7 Å². The standard InChI is InChI=1S/C16H20O2/c1-3-15-10-14(17)11-16(18-15)9-8-13-7-5-4-6-12(13)2/h3-9,14-17H,1,10-11H2,2H3/b9-8+/t14-,15+,16-/m1/s1. The van der Waals surface area contributed by atoms with Crippen molar-refractivity contribution >= 4 is 6.08 Å². The molecule has 1 aliphatic rings. The molecule has 0 radical (unpaired) electrons. The SMILES string of the molecule is C=C[C@H]1C[C@@H](O)C[C@@H](/C=C/c2ccccc2C)O1. The van der Waals surface area contributed by atoms with Crippen LogP contribution in [0, 0.1) is 6.92 Å². The zero-order valence-electron chi connectivity index (χ0n) is 10.8. The summed E-state index contributed by atoms with van der Waals surface area (Å²) in [5.74, 6) is 0. The lowest BCUT2D eigenvalue weighted by molar-refractivity contribution is -0.0545. The molecule has 3 atom stereocenters. The molecule has 1 aromatic carbocycles. The van der Waals surface area contributed by atoms with Gasteiger partial charge in [0.2, 0.25) is 0 Å². The second kappa shape index (κ2) is 5.98. The van der Waals surface area contributed by atoms with Gasteiger partial charge >= 0.3 is 0 Å². The number of aliphatic hydroxyl groups excluding tert-OH is 1. The van der Waals surface area contributed by atoms with E-state index in [-0.39, 0.29) is 18.3 Å². The van der Waals surface area contributed by atoms with Crippen molar-refractivity contribution < 1.29 is 9.84 Å². The van der Waals surface area contributed by atoms with Gasteiger partial charge in [0.15, 0.2) is 0 Å². The zero-order valence-corrected chi connectivity index (χ0v) is 10.8. The van der Waals surface area contributed by atoms with Gasteiger partial charge in [-0.05, 0) is 18.1 Å². The Labute approximate surface area is 109 Å². The summed E-state index contributed by atoms with van der Waals surface area (Å²) in [4.78, 5) is 0. The predicted molar refractivity (Wildman–Crippen MR) is 74.3 cm³/mol. The summed E-state index contributed by atoms with van der Waals surface area (Å²) in [6.07, 6.45) is 6.80. The molecule has 0 aromatic heterocycles. The van der Waals surface area contributed by atoms with Crippen LogP contribution >= 0.6 is 0 Å². The van der Waals surface area contributed by atoms with Crippen molar-refractivity contribution in [3.05, 3.63) is 54.1 Å². The second-order valence-corrected chi connectivity index (χ2v) is 4.79. The van der Waals surface area contributed by atoms with Crippen LogP contribution in [0.1, 0.15) is 24.0 Å². The molecule has 2 heteroatoms. The molecule has 0 spiro atoms. The molecule has 0 unspecified atom stereocenters. The Morgan fingerprint density at radius 2 is 2.00 bits per heavy atom. The van der Waals surface area contributed by atoms with Crippen LogP contribution in [0.3, 0.4) is 0 Å². The van der Waals surface area contributed by atoms with E-state index in [0.29, 0.717) is 12.8 Å². The number of hydrogen-bond acceptors (Lipinski definition) is 2. The highest BCUT2D eigenvalue weighted by molar-refractivity contribution is 5.53. The minimum Gasteiger partial charge on any atom is -0.393 e. The minimum absolute atomic E-state index is 0.0312. The average molecular weight is 244 g/mol. The highest BCUT2D eigenvalue weighted by atomic mass is 16.5. The van der Waals surface area contributed by atoms with Crippen LogP contribution in [0.2, 0.25) is 0 Å². The lowest BCUT2D eigenvalue weighted by Crippen LogP contribution is -2.33. The molecule has 18 heavy (non-hydrogen) atoms. The minimum atomic E-state index is -0.298. The van der Waals surface area contributed by atoms with Gasteiger partial charge in [-0.25, -0.2) is 0 Å². The summed E-state index contributed by atoms with van der Waals surface area (Å²) >= 11 is 0. The first-order valence-electron chi connectivity index (χ1n) is 6.39. The quantitative estimate of drug-likeness (QED) is 0.828. The Morgan fingerprint density at radius 3 is 2.72 bits per heavy atom. The monoisotopic (exact) mass is 244 g/mol. The van der Waals surface area contributed by atoms with E-state index in [9.17, 15) is 5.11 Å². The van der Waals surface area contributed by atoms with Gasteiger partial charge in [0.05, 0.1) is 18.3 Å². The molecule has 1 aromatic rings. The predicted octanol–water partition coefficient (Wildman–Crippen LogP) is 3.10. The molecule has 1 aliphatic heterocycles. The normalized spacial score (nSPS) is 28.4. The largest absolute Gasteiger partial charge is 0.393 e. The summed E-state index contributed by atoms with van der Waals surface area (Å²) in [6.45, 7) is 5.81. The lowest BCUT2D eigenvalue weighted by atomic mass is 9.99. The maximum absolute atomic E-state index is 9.77. The first-order chi connectivity index (χ1) is 8.69. The smallest absolute Gasteiger partial charge is 0.0791 e. The van der Waals surface area contributed by atoms with Gasteiger partial charge in [-0.15, -0.1) is 6.58 Å². The van der Waals surface area contributed by atoms with E-state index >= 15 is 0 Å². The van der Waals surface area contributed by atoms with E-state index in [1.165, 1.54) is 11.1 Å². The number of aryl methyl sites for hydroxylation is 1. The molecule has 1 fully saturated rings. The third-order valence-electron chi connectivity index (χ3n) is 3.30. The van der Waals surface area contributed by atoms with Crippen LogP contribution < -0.4 is 0 Å². The number of hydrogen-bond donors (Lipinski definition) is 1. The number of benzene rings is 1. The third kappa shape index (κ3) is 3.31. The maximum Gasteiger partial charge on any atom is 0.0791 e. The molecule has 0 aliphatic carbocycles. The first kappa shape index (κ1) is 13.1. The fourth-order valence-electron chi connectivity index (χ4n) is 2.23. The highest BCUT2D eigenvalue weighted by Crippen LogP contribution is 2.22. The molecular formula is C16H20O2. The molecule has 0 amide bonds. The van der Waals surface area contributed by atoms with E-state index < -0.39 is 0 Å². The van der Waals surface area contributed by atoms with Crippen LogP contribution in [0.5, 0.6) is 0 Å². The Hall–Kier alpha value is -1.38. The van der Waals surface area contributed by atoms with Gasteiger partial charge in [-0.2, -0.15) is 0 Å². The topological polar surface area (TPSA) is 29.5 Å². The zero-order chi connectivity index (χ0) is 13.0. The Balaban J connectivity index is 2.04. The fraction of sp³-hybridized carbons (Fsp3) is 0.375. The molecule has 1 N–H and O–H groups in total. The molecular weight excluding hydrogens is 224 g/mol. The van der Waals surface area contributed by atoms with Crippen LogP contribution in [-0.2, 0) is 4.74 Å². The van der Waals surface area contributed by atoms with Gasteiger partial charge in [-0.3, -0.25) is 0 Å². The molecule has 1 heterocycles. The molecule has 2 rings (SSSR count). The van der Waals surface area contributed by atoms with E-state index in [1.807, 2.05) is 18.2 Å². The molecule has 0 saturated carbocycles. The van der Waals surface area contributed by atoms with Crippen molar-refractivity contribution in [1.29, 1.82) is 0 Å². The van der Waals surface area contributed by atoms with E-state index in [1.54, 1.807) is 6.08 Å². The van der Waals surface area contributed by atoms with Crippen molar-refractivity contribution in [3.8, 4) is 0 Å². The maximum atomic E-state index is 9.77. The van der Waals surface area contributed by atoms with Gasteiger partial charge in [0.1, 0.15) is 0 Å². The summed E-state index contributed by atoms with van der Waals surface area (Å²) in [6, 6.07) is 8.22. The molecule has 96 valence electrons. The highest BCUT2D eigenvalue weighted by Gasteiger charge is 2.24. The van der Waals surface area contributed by atoms with Gasteiger partial charge < -0.3 is 9.84 Å². The lowest BCUT2D eigenvalue weighted by Gasteiger charge is -2.29. The first-order valence-corrected chi connectivity index (χ1v) is 6.39. The third-order valence-corrected chi connectivity index (χ3v) is 3.30. The molecule has 0 bridgehead atoms. The molecule has 2 nitrogen and oxygen atoms in total. The average Bonchev–Trinajstić information content (AvgIpc) is 2.37. The summed E-state index contributed by atoms with van der Waals surface area (Å²) < 4.78 is 5.80. The molecule has 1 saturated heterocycles. The number of aliphatic hydroxyl groups is 1. The Bertz CT molecular complexity index is 436. The Morgan fingerprint density at radius 1 is 1.28 bits per heavy atom. The summed E-state index contributed by atoms with van der Waals surface area (Å²) in [5, 5.41) is 9.77. The summed E-state index contributed by atoms with van der Waals surface area (Å²) in [7, 11) is 0. The van der Waals surface area contributed by atoms with Crippen molar-refractivity contribution in [2.24, 2.45) is 0 Å². The fourth-order valence-corrected chi connectivity index (χ4v) is 2.23. The van der Waals surface area contributed by atoms with E-state index in [0.717, 1.165) is 0 Å². The van der Waals surface area contributed by atoms with Crippen LogP contribution in [0.15, 0.2) is 43.0 Å². The van der Waals surface area contributed by atoms with E-state index in [4.69, 9.17) is 4.74 Å². The summed E-state index contributed by atoms with van der Waals surface area (Å²) in [5.41, 5.74) is 2.43. The second-order valence-electron chi connectivity index (χ2n) is 4.79. The van der Waals surface area contributed by atoms with Crippen molar-refractivity contribution in [2.45, 2.75) is 38.1 Å². The van der Waals surface area contributed by atoms with Crippen LogP contribution in [0.4, 0.5) is 0 Å². The van der Waals surface area contributed by atoms with Crippen LogP contribution in [-0.4, -0.2) is 23.4 Å². The van der Waals surface area contributed by atoms with Crippen molar-refractivity contribution in [3.63, 3.8) is 0 Å². The van der Waals surface area contributed by atoms with Crippen molar-refractivity contribution in [2.75, 3.05) is 0 Å². The number of ether oxygens (including phenoxy) is 1. The van der Waals surface area contributed by atoms with Gasteiger partial charge in [0, 0.05) is 12.8 Å². The van der Waals surface area contributed by atoms with Crippen molar-refractivity contribution in [1.82, 2.24) is 0 Å². The van der Waals surface area contributed by atoms with Gasteiger partial charge in [0.25, 0.3) is 0 Å².